The van der Waals surface area contributed by atoms with Crippen molar-refractivity contribution >= 4 is 29.3 Å². The van der Waals surface area contributed by atoms with Crippen LogP contribution >= 0.6 is 11.8 Å². The molecule has 0 spiro atoms. The summed E-state index contributed by atoms with van der Waals surface area (Å²) in [6.45, 7) is -0.659. The highest BCUT2D eigenvalue weighted by molar-refractivity contribution is 7.99. The van der Waals surface area contributed by atoms with Crippen LogP contribution in [0.1, 0.15) is 15.9 Å². The lowest BCUT2D eigenvalue weighted by Gasteiger charge is -2.16. The summed E-state index contributed by atoms with van der Waals surface area (Å²) < 4.78 is 8.09. The van der Waals surface area contributed by atoms with Crippen LogP contribution in [0.2, 0.25) is 0 Å². The summed E-state index contributed by atoms with van der Waals surface area (Å²) in [5, 5.41) is 8.73. The lowest BCUT2D eigenvalue weighted by atomic mass is 10.2. The summed E-state index contributed by atoms with van der Waals surface area (Å²) in [4.78, 5) is 55.4. The first kappa shape index (κ1) is 25.6. The van der Waals surface area contributed by atoms with Gasteiger partial charge < -0.3 is 15.0 Å². The number of carbonyl (C=O) groups excluding carboxylic acids is 2. The first-order valence-corrected chi connectivity index (χ1v) is 12.0. The summed E-state index contributed by atoms with van der Waals surface area (Å²) in [5.74, 6) is -1.34. The van der Waals surface area contributed by atoms with E-state index in [1.807, 2.05) is 6.07 Å². The molecule has 0 fully saturated rings. The van der Waals surface area contributed by atoms with Crippen molar-refractivity contribution in [1.29, 1.82) is 0 Å². The minimum atomic E-state index is -0.960. The average molecular weight is 522 g/mol. The number of methoxy groups -OCH3 is 1. The van der Waals surface area contributed by atoms with Crippen molar-refractivity contribution in [3.63, 3.8) is 0 Å². The summed E-state index contributed by atoms with van der Waals surface area (Å²) >= 11 is 1.06. The highest BCUT2D eigenvalue weighted by Gasteiger charge is 2.25. The minimum absolute atomic E-state index is 0.00103. The van der Waals surface area contributed by atoms with Crippen LogP contribution in [0.15, 0.2) is 69.6 Å². The van der Waals surface area contributed by atoms with E-state index in [2.05, 4.69) is 19.9 Å². The van der Waals surface area contributed by atoms with Crippen molar-refractivity contribution in [2.24, 2.45) is 7.05 Å². The normalized spacial score (nSPS) is 10.9. The summed E-state index contributed by atoms with van der Waals surface area (Å²) in [5.41, 5.74) is 5.56. The van der Waals surface area contributed by atoms with Gasteiger partial charge in [0.2, 0.25) is 0 Å². The monoisotopic (exact) mass is 521 g/mol. The molecule has 0 amide bonds. The third-order valence-corrected chi connectivity index (χ3v) is 6.57. The Labute approximate surface area is 214 Å². The van der Waals surface area contributed by atoms with Crippen LogP contribution in [0, 0.1) is 0 Å². The fourth-order valence-electron chi connectivity index (χ4n) is 3.62. The number of hydrogen-bond donors (Lipinski definition) is 1. The second-order valence-electron chi connectivity index (χ2n) is 7.89. The van der Waals surface area contributed by atoms with Gasteiger partial charge in [0.1, 0.15) is 17.9 Å². The van der Waals surface area contributed by atoms with Gasteiger partial charge in [-0.3, -0.25) is 23.9 Å². The number of thioether (sulfide) groups is 1. The second-order valence-corrected chi connectivity index (χ2v) is 8.84. The van der Waals surface area contributed by atoms with Gasteiger partial charge in [-0.2, -0.15) is 0 Å². The number of ketones is 1. The molecule has 0 aliphatic heterocycles. The van der Waals surface area contributed by atoms with Crippen molar-refractivity contribution < 1.29 is 14.3 Å². The SMILES string of the molecule is COC(=O)Cn1c(=O)c(C(=O)CSc2nnc(-c3ccncc3)n2C)c(N)n(Cc2ccccc2)c1=O. The third kappa shape index (κ3) is 5.35. The predicted molar refractivity (Wildman–Crippen MR) is 136 cm³/mol. The number of carbonyl (C=O) groups is 2. The van der Waals surface area contributed by atoms with Crippen LogP contribution in [-0.4, -0.2) is 53.5 Å². The first-order chi connectivity index (χ1) is 17.8. The quantitative estimate of drug-likeness (QED) is 0.191. The van der Waals surface area contributed by atoms with Gasteiger partial charge in [-0.25, -0.2) is 9.36 Å². The number of nitrogen functional groups attached to an aromatic ring is 1. The Bertz CT molecular complexity index is 1560. The first-order valence-electron chi connectivity index (χ1n) is 11.0. The van der Waals surface area contributed by atoms with Gasteiger partial charge in [0.15, 0.2) is 16.8 Å². The number of esters is 1. The topological polar surface area (TPSA) is 157 Å². The number of nitrogens with zero attached hydrogens (tertiary/aromatic N) is 6. The molecule has 0 bridgehead atoms. The van der Waals surface area contributed by atoms with E-state index in [1.54, 1.807) is 60.4 Å². The molecule has 0 saturated carbocycles. The highest BCUT2D eigenvalue weighted by atomic mass is 32.2. The molecule has 13 heteroatoms. The van der Waals surface area contributed by atoms with Gasteiger partial charge in [-0.05, 0) is 17.7 Å². The zero-order valence-corrected chi connectivity index (χ0v) is 20.8. The van der Waals surface area contributed by atoms with E-state index < -0.39 is 29.5 Å². The number of benzene rings is 1. The summed E-state index contributed by atoms with van der Waals surface area (Å²) in [6.07, 6.45) is 3.26. The molecule has 0 aliphatic carbocycles. The molecule has 4 rings (SSSR count). The zero-order valence-electron chi connectivity index (χ0n) is 20.0. The van der Waals surface area contributed by atoms with E-state index >= 15 is 0 Å². The van der Waals surface area contributed by atoms with Gasteiger partial charge in [-0.15, -0.1) is 10.2 Å². The molecule has 12 nitrogen and oxygen atoms in total. The van der Waals surface area contributed by atoms with E-state index in [9.17, 15) is 19.2 Å². The fraction of sp³-hybridized carbons (Fsp3) is 0.208. The van der Waals surface area contributed by atoms with Crippen molar-refractivity contribution in [2.45, 2.75) is 18.2 Å². The molecule has 190 valence electrons. The van der Waals surface area contributed by atoms with Crippen LogP contribution in [0.4, 0.5) is 5.82 Å². The Morgan fingerprint density at radius 2 is 1.73 bits per heavy atom. The van der Waals surface area contributed by atoms with Gasteiger partial charge in [0.25, 0.3) is 5.56 Å². The van der Waals surface area contributed by atoms with E-state index in [4.69, 9.17) is 5.73 Å². The Morgan fingerprint density at radius 3 is 2.41 bits per heavy atom. The van der Waals surface area contributed by atoms with Gasteiger partial charge in [-0.1, -0.05) is 42.1 Å². The molecule has 37 heavy (non-hydrogen) atoms. The largest absolute Gasteiger partial charge is 0.468 e. The van der Waals surface area contributed by atoms with Crippen molar-refractivity contribution in [3.8, 4) is 11.4 Å². The van der Waals surface area contributed by atoms with Crippen LogP contribution < -0.4 is 17.0 Å². The molecule has 3 heterocycles. The van der Waals surface area contributed by atoms with Crippen LogP contribution in [0.5, 0.6) is 0 Å². The molecule has 0 unspecified atom stereocenters. The van der Waals surface area contributed by atoms with Crippen LogP contribution in [0.25, 0.3) is 11.4 Å². The smallest absolute Gasteiger partial charge is 0.333 e. The number of rotatable bonds is 9. The third-order valence-electron chi connectivity index (χ3n) is 5.55. The molecule has 1 aromatic carbocycles. The Balaban J connectivity index is 1.68. The average Bonchev–Trinajstić information content (AvgIpc) is 3.28. The highest BCUT2D eigenvalue weighted by Crippen LogP contribution is 2.23. The van der Waals surface area contributed by atoms with E-state index in [-0.39, 0.29) is 23.7 Å². The summed E-state index contributed by atoms with van der Waals surface area (Å²) in [6, 6.07) is 12.5. The van der Waals surface area contributed by atoms with E-state index in [0.717, 1.165) is 34.6 Å². The maximum absolute atomic E-state index is 13.3. The number of nitrogens with two attached hydrogens (primary N) is 1. The molecular formula is C24H23N7O5S. The van der Waals surface area contributed by atoms with E-state index in [1.165, 1.54) is 0 Å². The zero-order chi connectivity index (χ0) is 26.5. The maximum atomic E-state index is 13.3. The maximum Gasteiger partial charge on any atom is 0.333 e. The number of hydrogen-bond acceptors (Lipinski definition) is 10. The standard InChI is InChI=1S/C24H23N7O5S/c1-29-21(16-8-10-26-11-9-16)27-28-23(29)37-14-17(32)19-20(25)30(12-15-6-4-3-5-7-15)24(35)31(22(19)34)13-18(33)36-2/h3-11H,12-14,25H2,1-2H3. The number of ether oxygens (including phenoxy) is 1. The molecule has 2 N–H and O–H groups in total. The van der Waals surface area contributed by atoms with Crippen molar-refractivity contribution in [3.05, 3.63) is 86.8 Å². The molecule has 0 saturated heterocycles. The molecule has 0 aliphatic rings. The number of pyridine rings is 1. The van der Waals surface area contributed by atoms with E-state index in [0.29, 0.717) is 15.5 Å². The number of Topliss-reactive ketones (excluding diaryl/α,β-unsaturated/α-hetero) is 1. The van der Waals surface area contributed by atoms with Crippen LogP contribution in [0.3, 0.4) is 0 Å². The lowest BCUT2D eigenvalue weighted by Crippen LogP contribution is -2.45. The molecular weight excluding hydrogens is 498 g/mol. The predicted octanol–water partition coefficient (Wildman–Crippen LogP) is 0.979. The Hall–Kier alpha value is -4.52. The summed E-state index contributed by atoms with van der Waals surface area (Å²) in [7, 11) is 2.89. The van der Waals surface area contributed by atoms with Gasteiger partial charge in [0.05, 0.1) is 19.4 Å². The van der Waals surface area contributed by atoms with Gasteiger partial charge in [0, 0.05) is 25.0 Å². The molecule has 0 radical (unpaired) electrons. The van der Waals surface area contributed by atoms with Crippen LogP contribution in [-0.2, 0) is 29.7 Å². The van der Waals surface area contributed by atoms with Gasteiger partial charge >= 0.3 is 11.7 Å². The number of anilines is 1. The molecule has 3 aromatic heterocycles. The fourth-order valence-corrected chi connectivity index (χ4v) is 4.41. The molecule has 4 aromatic rings. The second kappa shape index (κ2) is 11.0. The Kier molecular flexibility index (Phi) is 7.63. The molecule has 0 atom stereocenters. The number of aromatic nitrogens is 6. The minimum Gasteiger partial charge on any atom is -0.468 e. The van der Waals surface area contributed by atoms with Crippen molar-refractivity contribution in [2.75, 3.05) is 18.6 Å². The Morgan fingerprint density at radius 1 is 1.03 bits per heavy atom. The van der Waals surface area contributed by atoms with Crippen molar-refractivity contribution in [1.82, 2.24) is 28.9 Å². The lowest BCUT2D eigenvalue weighted by molar-refractivity contribution is -0.141.